The van der Waals surface area contributed by atoms with Gasteiger partial charge in [-0.3, -0.25) is 5.09 Å². The van der Waals surface area contributed by atoms with Gasteiger partial charge in [0.1, 0.15) is 12.4 Å². The maximum Gasteiger partial charge on any atom is 0.369 e. The van der Waals surface area contributed by atoms with E-state index in [2.05, 4.69) is 20.5 Å². The van der Waals surface area contributed by atoms with Crippen LogP contribution in [0.3, 0.4) is 0 Å². The minimum Gasteiger partial charge on any atom is -0.471 e. The lowest BCUT2D eigenvalue weighted by Gasteiger charge is -2.08. The number of tetrazole rings is 1. The highest BCUT2D eigenvalue weighted by atomic mass is 19.1. The molecule has 108 valence electrons. The van der Waals surface area contributed by atoms with Gasteiger partial charge in [0.25, 0.3) is 0 Å². The number of halogens is 1. The van der Waals surface area contributed by atoms with Crippen LogP contribution >= 0.6 is 0 Å². The van der Waals surface area contributed by atoms with E-state index in [0.717, 1.165) is 20.5 Å². The minimum atomic E-state index is -0.604. The molecule has 3 rings (SSSR count). The number of nitrogens with zero attached hydrogens (tertiary/aromatic N) is 6. The Kier molecular flexibility index (Phi) is 2.88. The Balaban J connectivity index is 1.96. The first-order valence-corrected chi connectivity index (χ1v) is 5.87. The van der Waals surface area contributed by atoms with E-state index in [1.807, 2.05) is 0 Å². The fraction of sp³-hybridized carbons (Fsp3) is 0.182. The van der Waals surface area contributed by atoms with Crippen LogP contribution in [0.5, 0.6) is 5.88 Å². The van der Waals surface area contributed by atoms with Crippen LogP contribution < -0.4 is 10.4 Å². The molecule has 9 nitrogen and oxygen atoms in total. The van der Waals surface area contributed by atoms with E-state index in [0.29, 0.717) is 0 Å². The van der Waals surface area contributed by atoms with Gasteiger partial charge in [0, 0.05) is 25.5 Å². The predicted molar refractivity (Wildman–Crippen MR) is 67.3 cm³/mol. The Labute approximate surface area is 118 Å². The van der Waals surface area contributed by atoms with Crippen LogP contribution in [0.1, 0.15) is 5.56 Å². The average Bonchev–Trinajstić information content (AvgIpc) is 3.05. The average molecular weight is 293 g/mol. The third-order valence-corrected chi connectivity index (χ3v) is 2.70. The summed E-state index contributed by atoms with van der Waals surface area (Å²) in [6.45, 7) is -0.227. The lowest BCUT2D eigenvalue weighted by atomic mass is 10.2. The summed E-state index contributed by atoms with van der Waals surface area (Å²) in [7, 11) is 1.42. The molecule has 1 N–H and O–H groups in total. The second-order valence-electron chi connectivity index (χ2n) is 4.05. The van der Waals surface area contributed by atoms with Crippen LogP contribution in [0.25, 0.3) is 5.82 Å². The first kappa shape index (κ1) is 11.8. The van der Waals surface area contributed by atoms with E-state index in [4.69, 9.17) is 6.15 Å². The maximum absolute atomic E-state index is 14.0. The van der Waals surface area contributed by atoms with Crippen LogP contribution in [0.2, 0.25) is 1.41 Å². The number of H-pyrrole nitrogens is 1. The summed E-state index contributed by atoms with van der Waals surface area (Å²) in [5.41, 5.74) is -0.528. The molecule has 3 aromatic rings. The van der Waals surface area contributed by atoms with Crippen molar-refractivity contribution < 1.29 is 10.5 Å². The third kappa shape index (κ3) is 2.38. The summed E-state index contributed by atoms with van der Waals surface area (Å²) in [6, 6.07) is 2.60. The first-order valence-electron chi connectivity index (χ1n) is 6.31. The SMILES string of the molecule is [3H]n1ccc(OCc2c(F)ccnc2-n2nnn(C)c2=O)n1. The lowest BCUT2D eigenvalue weighted by molar-refractivity contribution is 0.286. The molecule has 0 aliphatic heterocycles. The number of rotatable bonds is 4. The molecule has 0 saturated heterocycles. The van der Waals surface area contributed by atoms with Gasteiger partial charge in [0.15, 0.2) is 7.23 Å². The molecular formula is C11H10FN7O2. The van der Waals surface area contributed by atoms with E-state index >= 15 is 0 Å². The van der Waals surface area contributed by atoms with Gasteiger partial charge in [-0.1, -0.05) is 0 Å². The fourth-order valence-corrected chi connectivity index (χ4v) is 1.66. The predicted octanol–water partition coefficient (Wildman–Crippen LogP) is -0.198. The summed E-state index contributed by atoms with van der Waals surface area (Å²) < 4.78 is 28.4. The molecule has 0 aliphatic carbocycles. The molecule has 0 radical (unpaired) electrons. The summed E-state index contributed by atoms with van der Waals surface area (Å²) >= 11 is 0. The van der Waals surface area contributed by atoms with Gasteiger partial charge in [-0.25, -0.2) is 14.2 Å². The van der Waals surface area contributed by atoms with E-state index in [1.165, 1.54) is 25.5 Å². The fourth-order valence-electron chi connectivity index (χ4n) is 1.66. The van der Waals surface area contributed by atoms with Gasteiger partial charge < -0.3 is 4.74 Å². The van der Waals surface area contributed by atoms with E-state index in [1.54, 1.807) is 0 Å². The molecule has 0 spiro atoms. The van der Waals surface area contributed by atoms with Crippen LogP contribution in [0.15, 0.2) is 29.3 Å². The Morgan fingerprint density at radius 3 is 3.00 bits per heavy atom. The number of aromatic nitrogens is 7. The number of ether oxygens (including phenoxy) is 1. The smallest absolute Gasteiger partial charge is 0.369 e. The van der Waals surface area contributed by atoms with Crippen LogP contribution in [-0.4, -0.2) is 35.0 Å². The number of aromatic amines is 1. The molecule has 0 atom stereocenters. The second kappa shape index (κ2) is 5.15. The molecule has 3 aromatic heterocycles. The van der Waals surface area contributed by atoms with Gasteiger partial charge in [-0.05, 0) is 16.5 Å². The standard InChI is InChI=1S/C11H10FN7O2/c1-18-11(20)19(17-16-18)10-7(8(12)2-4-13-10)6-21-9-3-5-14-15-9/h2-5H,6H2,1H3,(H,14,15)/i/hT. The zero-order chi connectivity index (χ0) is 15.7. The van der Waals surface area contributed by atoms with Gasteiger partial charge >= 0.3 is 5.69 Å². The van der Waals surface area contributed by atoms with Crippen LogP contribution in [0.4, 0.5) is 4.39 Å². The summed E-state index contributed by atoms with van der Waals surface area (Å²) in [4.78, 5) is 15.8. The highest BCUT2D eigenvalue weighted by molar-refractivity contribution is 5.33. The molecule has 0 fully saturated rings. The van der Waals surface area contributed by atoms with E-state index < -0.39 is 11.5 Å². The van der Waals surface area contributed by atoms with Crippen molar-refractivity contribution in [1.82, 2.24) is 35.0 Å². The molecule has 0 aliphatic rings. The van der Waals surface area contributed by atoms with Crippen molar-refractivity contribution in [3.63, 3.8) is 0 Å². The Bertz CT molecular complexity index is 871. The lowest BCUT2D eigenvalue weighted by Crippen LogP contribution is -2.24. The van der Waals surface area contributed by atoms with Crippen LogP contribution in [-0.2, 0) is 13.7 Å². The van der Waals surface area contributed by atoms with Crippen molar-refractivity contribution in [3.8, 4) is 11.7 Å². The second-order valence-corrected chi connectivity index (χ2v) is 4.05. The third-order valence-electron chi connectivity index (χ3n) is 2.70. The highest BCUT2D eigenvalue weighted by Gasteiger charge is 2.17. The van der Waals surface area contributed by atoms with Gasteiger partial charge in [0.05, 0.1) is 5.56 Å². The molecule has 0 saturated carbocycles. The monoisotopic (exact) mass is 293 g/mol. The Morgan fingerprint density at radius 1 is 1.48 bits per heavy atom. The summed E-state index contributed by atoms with van der Waals surface area (Å²) in [5, 5.41) is 11.7. The summed E-state index contributed by atoms with van der Waals surface area (Å²) in [5.74, 6) is -0.466. The zero-order valence-corrected chi connectivity index (χ0v) is 10.8. The van der Waals surface area contributed by atoms with Crippen molar-refractivity contribution in [2.45, 2.75) is 6.61 Å². The molecule has 0 unspecified atom stereocenters. The van der Waals surface area contributed by atoms with E-state index in [9.17, 15) is 9.18 Å². The normalized spacial score (nSPS) is 11.4. The maximum atomic E-state index is 14.0. The highest BCUT2D eigenvalue weighted by Crippen LogP contribution is 2.16. The quantitative estimate of drug-likeness (QED) is 0.714. The largest absolute Gasteiger partial charge is 0.471 e. The molecule has 0 bridgehead atoms. The minimum absolute atomic E-state index is 0.0107. The van der Waals surface area contributed by atoms with Crippen molar-refractivity contribution in [3.05, 3.63) is 46.4 Å². The topological polar surface area (TPSA) is 104 Å². The number of hydrogen-bond donors (Lipinski definition) is 1. The van der Waals surface area contributed by atoms with Gasteiger partial charge in [0.2, 0.25) is 5.88 Å². The van der Waals surface area contributed by atoms with E-state index in [-0.39, 0.29) is 23.9 Å². The van der Waals surface area contributed by atoms with Crippen molar-refractivity contribution >= 4 is 0 Å². The molecule has 3 heterocycles. The number of nitrogens with one attached hydrogen (secondary N) is 1. The zero-order valence-electron chi connectivity index (χ0n) is 11.8. The Morgan fingerprint density at radius 2 is 2.33 bits per heavy atom. The summed E-state index contributed by atoms with van der Waals surface area (Å²) in [6.07, 6.45) is 2.58. The van der Waals surface area contributed by atoms with Gasteiger partial charge in [-0.15, -0.1) is 9.78 Å². The molecular weight excluding hydrogens is 281 g/mol. The van der Waals surface area contributed by atoms with Crippen molar-refractivity contribution in [1.29, 1.82) is 0 Å². The Hall–Kier alpha value is -3.04. The molecule has 0 amide bonds. The number of hydrogen-bond acceptors (Lipinski definition) is 6. The molecule has 10 heteroatoms. The van der Waals surface area contributed by atoms with Gasteiger partial charge in [-0.2, -0.15) is 4.68 Å². The van der Waals surface area contributed by atoms with Crippen molar-refractivity contribution in [2.24, 2.45) is 7.05 Å². The molecule has 0 aromatic carbocycles. The first-order chi connectivity index (χ1) is 10.6. The number of pyridine rings is 1. The number of aryl methyl sites for hydroxylation is 1. The van der Waals surface area contributed by atoms with Crippen molar-refractivity contribution in [2.75, 3.05) is 0 Å². The van der Waals surface area contributed by atoms with Crippen LogP contribution in [0, 0.1) is 5.82 Å². The molecule has 21 heavy (non-hydrogen) atoms.